The number of amides is 1. The summed E-state index contributed by atoms with van der Waals surface area (Å²) in [6.07, 6.45) is 1.72. The summed E-state index contributed by atoms with van der Waals surface area (Å²) in [7, 11) is 1.57. The zero-order valence-electron chi connectivity index (χ0n) is 8.96. The van der Waals surface area contributed by atoms with Gasteiger partial charge in [-0.25, -0.2) is 9.97 Å². The van der Waals surface area contributed by atoms with E-state index in [2.05, 4.69) is 29.1 Å². The Hall–Kier alpha value is -1.45. The van der Waals surface area contributed by atoms with Gasteiger partial charge in [-0.05, 0) is 18.4 Å². The number of carbonyl (C=O) groups excluding carboxylic acids is 1. The van der Waals surface area contributed by atoms with Crippen LogP contribution in [0.3, 0.4) is 0 Å². The molecule has 1 amide bonds. The van der Waals surface area contributed by atoms with Crippen LogP contribution in [0, 0.1) is 6.92 Å². The van der Waals surface area contributed by atoms with Crippen molar-refractivity contribution in [3.63, 3.8) is 0 Å². The largest absolute Gasteiger partial charge is 0.352 e. The van der Waals surface area contributed by atoms with Gasteiger partial charge in [-0.1, -0.05) is 13.8 Å². The number of rotatable bonds is 2. The first kappa shape index (κ1) is 10.6. The normalized spacial score (nSPS) is 10.4. The smallest absolute Gasteiger partial charge is 0.288 e. The van der Waals surface area contributed by atoms with Crippen molar-refractivity contribution in [3.05, 3.63) is 23.3 Å². The van der Waals surface area contributed by atoms with E-state index in [1.165, 1.54) is 0 Å². The zero-order chi connectivity index (χ0) is 10.7. The lowest BCUT2D eigenvalue weighted by atomic mass is 10.0. The Morgan fingerprint density at radius 2 is 2.14 bits per heavy atom. The highest BCUT2D eigenvalue weighted by Gasteiger charge is 2.10. The third-order valence-electron chi connectivity index (χ3n) is 2.07. The molecule has 0 atom stereocenters. The number of hydrogen-bond donors (Lipinski definition) is 1. The highest BCUT2D eigenvalue weighted by atomic mass is 16.2. The lowest BCUT2D eigenvalue weighted by molar-refractivity contribution is 0.0952. The minimum Gasteiger partial charge on any atom is -0.352 e. The van der Waals surface area contributed by atoms with Crippen LogP contribution in [0.1, 0.15) is 41.6 Å². The molecule has 0 bridgehead atoms. The molecule has 1 aromatic rings. The molecule has 76 valence electrons. The first-order valence-electron chi connectivity index (χ1n) is 4.62. The first-order chi connectivity index (χ1) is 6.56. The van der Waals surface area contributed by atoms with Crippen LogP contribution in [-0.4, -0.2) is 22.9 Å². The van der Waals surface area contributed by atoms with Crippen LogP contribution >= 0.6 is 0 Å². The Kier molecular flexibility index (Phi) is 3.17. The quantitative estimate of drug-likeness (QED) is 0.769. The Morgan fingerprint density at radius 3 is 2.57 bits per heavy atom. The number of nitrogens with one attached hydrogen (secondary N) is 1. The molecule has 0 aliphatic rings. The molecular formula is C10H15N3O. The Morgan fingerprint density at radius 1 is 1.50 bits per heavy atom. The molecule has 1 heterocycles. The topological polar surface area (TPSA) is 54.9 Å². The second-order valence-corrected chi connectivity index (χ2v) is 3.47. The number of carbonyl (C=O) groups is 1. The molecule has 0 fully saturated rings. The van der Waals surface area contributed by atoms with Gasteiger partial charge in [0.15, 0.2) is 0 Å². The van der Waals surface area contributed by atoms with Crippen LogP contribution in [0.5, 0.6) is 0 Å². The SMILES string of the molecule is CNC(=O)c1ncc(C(C)C)c(C)n1. The van der Waals surface area contributed by atoms with Gasteiger partial charge in [0, 0.05) is 18.9 Å². The fraction of sp³-hybridized carbons (Fsp3) is 0.500. The predicted molar refractivity (Wildman–Crippen MR) is 54.2 cm³/mol. The van der Waals surface area contributed by atoms with Gasteiger partial charge >= 0.3 is 0 Å². The van der Waals surface area contributed by atoms with Gasteiger partial charge in [0.1, 0.15) is 0 Å². The third kappa shape index (κ3) is 2.07. The molecule has 0 spiro atoms. The van der Waals surface area contributed by atoms with Crippen molar-refractivity contribution in [2.75, 3.05) is 7.05 Å². The van der Waals surface area contributed by atoms with Crippen molar-refractivity contribution in [1.82, 2.24) is 15.3 Å². The fourth-order valence-electron chi connectivity index (χ4n) is 1.26. The van der Waals surface area contributed by atoms with Gasteiger partial charge in [0.25, 0.3) is 5.91 Å². The van der Waals surface area contributed by atoms with Crippen molar-refractivity contribution < 1.29 is 4.79 Å². The molecule has 4 heteroatoms. The molecule has 4 nitrogen and oxygen atoms in total. The van der Waals surface area contributed by atoms with E-state index in [1.807, 2.05) is 6.92 Å². The van der Waals surface area contributed by atoms with Crippen molar-refractivity contribution >= 4 is 5.91 Å². The molecule has 0 aromatic carbocycles. The zero-order valence-corrected chi connectivity index (χ0v) is 8.96. The van der Waals surface area contributed by atoms with E-state index in [4.69, 9.17) is 0 Å². The molecule has 0 saturated heterocycles. The van der Waals surface area contributed by atoms with Gasteiger partial charge in [0.2, 0.25) is 5.82 Å². The van der Waals surface area contributed by atoms with Crippen LogP contribution < -0.4 is 5.32 Å². The second kappa shape index (κ2) is 4.17. The second-order valence-electron chi connectivity index (χ2n) is 3.47. The fourth-order valence-corrected chi connectivity index (χ4v) is 1.26. The lowest BCUT2D eigenvalue weighted by Gasteiger charge is -2.08. The molecule has 1 N–H and O–H groups in total. The summed E-state index contributed by atoms with van der Waals surface area (Å²) in [5.74, 6) is 0.367. The monoisotopic (exact) mass is 193 g/mol. The maximum absolute atomic E-state index is 11.2. The summed E-state index contributed by atoms with van der Waals surface area (Å²) in [6.45, 7) is 6.04. The van der Waals surface area contributed by atoms with Gasteiger partial charge in [-0.3, -0.25) is 4.79 Å². The molecule has 14 heavy (non-hydrogen) atoms. The molecule has 1 rings (SSSR count). The lowest BCUT2D eigenvalue weighted by Crippen LogP contribution is -2.21. The van der Waals surface area contributed by atoms with Crippen LogP contribution in [-0.2, 0) is 0 Å². The maximum Gasteiger partial charge on any atom is 0.288 e. The number of hydrogen-bond acceptors (Lipinski definition) is 3. The molecule has 0 radical (unpaired) electrons. The summed E-state index contributed by atoms with van der Waals surface area (Å²) < 4.78 is 0. The van der Waals surface area contributed by atoms with E-state index in [0.717, 1.165) is 11.3 Å². The Balaban J connectivity index is 3.06. The highest BCUT2D eigenvalue weighted by Crippen LogP contribution is 2.15. The van der Waals surface area contributed by atoms with Crippen molar-refractivity contribution in [3.8, 4) is 0 Å². The Labute approximate surface area is 83.8 Å². The standard InChI is InChI=1S/C10H15N3O/c1-6(2)8-5-12-9(10(14)11-4)13-7(8)3/h5-6H,1-4H3,(H,11,14). The molecule has 0 aliphatic carbocycles. The summed E-state index contributed by atoms with van der Waals surface area (Å²) in [5, 5.41) is 2.49. The number of aromatic nitrogens is 2. The summed E-state index contributed by atoms with van der Waals surface area (Å²) in [5.41, 5.74) is 1.95. The van der Waals surface area contributed by atoms with E-state index < -0.39 is 0 Å². The van der Waals surface area contributed by atoms with Crippen molar-refractivity contribution in [1.29, 1.82) is 0 Å². The van der Waals surface area contributed by atoms with Gasteiger partial charge in [-0.15, -0.1) is 0 Å². The Bertz CT molecular complexity index is 347. The molecule has 0 aliphatic heterocycles. The summed E-state index contributed by atoms with van der Waals surface area (Å²) in [6, 6.07) is 0. The van der Waals surface area contributed by atoms with Crippen molar-refractivity contribution in [2.24, 2.45) is 0 Å². The molecule has 0 saturated carbocycles. The van der Waals surface area contributed by atoms with E-state index >= 15 is 0 Å². The molecular weight excluding hydrogens is 178 g/mol. The van der Waals surface area contributed by atoms with Crippen LogP contribution in [0.4, 0.5) is 0 Å². The third-order valence-corrected chi connectivity index (χ3v) is 2.07. The number of nitrogens with zero attached hydrogens (tertiary/aromatic N) is 2. The van der Waals surface area contributed by atoms with Crippen LogP contribution in [0.2, 0.25) is 0 Å². The average Bonchev–Trinajstić information content (AvgIpc) is 2.15. The average molecular weight is 193 g/mol. The highest BCUT2D eigenvalue weighted by molar-refractivity contribution is 5.90. The maximum atomic E-state index is 11.2. The van der Waals surface area contributed by atoms with Crippen LogP contribution in [0.15, 0.2) is 6.20 Å². The minimum atomic E-state index is -0.247. The van der Waals surface area contributed by atoms with E-state index in [9.17, 15) is 4.79 Å². The van der Waals surface area contributed by atoms with Gasteiger partial charge in [0.05, 0.1) is 0 Å². The minimum absolute atomic E-state index is 0.231. The van der Waals surface area contributed by atoms with E-state index in [1.54, 1.807) is 13.2 Å². The number of aryl methyl sites for hydroxylation is 1. The van der Waals surface area contributed by atoms with Gasteiger partial charge in [-0.2, -0.15) is 0 Å². The van der Waals surface area contributed by atoms with E-state index in [-0.39, 0.29) is 11.7 Å². The van der Waals surface area contributed by atoms with Crippen molar-refractivity contribution in [2.45, 2.75) is 26.7 Å². The molecule has 1 aromatic heterocycles. The first-order valence-corrected chi connectivity index (χ1v) is 4.62. The van der Waals surface area contributed by atoms with E-state index in [0.29, 0.717) is 5.92 Å². The molecule has 0 unspecified atom stereocenters. The van der Waals surface area contributed by atoms with Gasteiger partial charge < -0.3 is 5.32 Å². The summed E-state index contributed by atoms with van der Waals surface area (Å²) in [4.78, 5) is 19.4. The summed E-state index contributed by atoms with van der Waals surface area (Å²) >= 11 is 0. The predicted octanol–water partition coefficient (Wildman–Crippen LogP) is 1.27. The van der Waals surface area contributed by atoms with Crippen LogP contribution in [0.25, 0.3) is 0 Å².